The molecule has 0 aliphatic carbocycles. The molecule has 0 amide bonds. The lowest BCUT2D eigenvalue weighted by Crippen LogP contribution is -2.11. The largest absolute Gasteiger partial charge is 0.506 e. The third-order valence-corrected chi connectivity index (χ3v) is 4.60. The van der Waals surface area contributed by atoms with Crippen molar-refractivity contribution in [3.63, 3.8) is 0 Å². The molecule has 2 aromatic carbocycles. The molecule has 1 aliphatic rings. The van der Waals surface area contributed by atoms with Gasteiger partial charge in [-0.1, -0.05) is 46.3 Å². The third kappa shape index (κ3) is 4.52. The van der Waals surface area contributed by atoms with Gasteiger partial charge in [0.15, 0.2) is 11.5 Å². The Morgan fingerprint density at radius 3 is 2.72 bits per heavy atom. The SMILES string of the molecule is O=C(C=CC1=COC(Cc2ccccc2)O1)c1cc(Br)cc(Br)c1O. The second-order valence-electron chi connectivity index (χ2n) is 5.37. The smallest absolute Gasteiger partial charge is 0.244 e. The maximum atomic E-state index is 12.3. The highest BCUT2D eigenvalue weighted by Crippen LogP contribution is 2.32. The number of ketones is 1. The molecule has 0 saturated carbocycles. The quantitative estimate of drug-likeness (QED) is 0.492. The molecular formula is C19H14Br2O4. The van der Waals surface area contributed by atoms with Gasteiger partial charge in [0.05, 0.1) is 10.0 Å². The minimum Gasteiger partial charge on any atom is -0.506 e. The fourth-order valence-electron chi connectivity index (χ4n) is 2.33. The molecule has 0 saturated heterocycles. The van der Waals surface area contributed by atoms with Gasteiger partial charge in [-0.2, -0.15) is 0 Å². The maximum absolute atomic E-state index is 12.3. The lowest BCUT2D eigenvalue weighted by molar-refractivity contribution is -0.0269. The number of phenols is 1. The highest BCUT2D eigenvalue weighted by atomic mass is 79.9. The van der Waals surface area contributed by atoms with Crippen LogP contribution in [0.2, 0.25) is 0 Å². The topological polar surface area (TPSA) is 55.8 Å². The average molecular weight is 466 g/mol. The molecule has 0 bridgehead atoms. The van der Waals surface area contributed by atoms with Gasteiger partial charge in [0, 0.05) is 10.9 Å². The van der Waals surface area contributed by atoms with Gasteiger partial charge in [-0.3, -0.25) is 4.79 Å². The van der Waals surface area contributed by atoms with Crippen LogP contribution in [0.1, 0.15) is 15.9 Å². The second kappa shape index (κ2) is 7.89. The predicted molar refractivity (Wildman–Crippen MR) is 101 cm³/mol. The van der Waals surface area contributed by atoms with Crippen molar-refractivity contribution >= 4 is 37.6 Å². The number of halogens is 2. The molecule has 128 valence electrons. The predicted octanol–water partition coefficient (Wildman–Crippen LogP) is 5.11. The number of hydrogen-bond acceptors (Lipinski definition) is 4. The number of hydrogen-bond donors (Lipinski definition) is 1. The van der Waals surface area contributed by atoms with Crippen LogP contribution in [0.25, 0.3) is 0 Å². The van der Waals surface area contributed by atoms with Gasteiger partial charge in [-0.05, 0) is 45.8 Å². The molecule has 0 aromatic heterocycles. The van der Waals surface area contributed by atoms with Crippen molar-refractivity contribution in [3.8, 4) is 5.75 Å². The minimum atomic E-state index is -0.412. The Bertz CT molecular complexity index is 844. The van der Waals surface area contributed by atoms with Gasteiger partial charge in [0.2, 0.25) is 6.29 Å². The van der Waals surface area contributed by atoms with Crippen molar-refractivity contribution in [1.29, 1.82) is 0 Å². The van der Waals surface area contributed by atoms with Crippen LogP contribution in [0.3, 0.4) is 0 Å². The van der Waals surface area contributed by atoms with E-state index in [1.807, 2.05) is 30.3 Å². The van der Waals surface area contributed by atoms with Crippen molar-refractivity contribution < 1.29 is 19.4 Å². The number of phenolic OH excluding ortho intramolecular Hbond substituents is 1. The summed E-state index contributed by atoms with van der Waals surface area (Å²) >= 11 is 6.51. The van der Waals surface area contributed by atoms with Gasteiger partial charge in [0.1, 0.15) is 12.0 Å². The minimum absolute atomic E-state index is 0.0997. The molecule has 1 N–H and O–H groups in total. The van der Waals surface area contributed by atoms with Crippen LogP contribution in [0.15, 0.2) is 75.6 Å². The van der Waals surface area contributed by atoms with Gasteiger partial charge >= 0.3 is 0 Å². The molecule has 1 atom stereocenters. The van der Waals surface area contributed by atoms with Crippen LogP contribution in [-0.2, 0) is 15.9 Å². The summed E-state index contributed by atoms with van der Waals surface area (Å²) in [7, 11) is 0. The summed E-state index contributed by atoms with van der Waals surface area (Å²) in [5.41, 5.74) is 1.30. The number of allylic oxidation sites excluding steroid dienone is 2. The van der Waals surface area contributed by atoms with E-state index in [1.165, 1.54) is 18.4 Å². The van der Waals surface area contributed by atoms with Crippen LogP contribution in [0.4, 0.5) is 0 Å². The number of ether oxygens (including phenoxy) is 2. The molecule has 4 nitrogen and oxygen atoms in total. The van der Waals surface area contributed by atoms with Crippen molar-refractivity contribution in [2.45, 2.75) is 12.7 Å². The van der Waals surface area contributed by atoms with E-state index in [2.05, 4.69) is 31.9 Å². The lowest BCUT2D eigenvalue weighted by atomic mass is 10.1. The van der Waals surface area contributed by atoms with E-state index in [9.17, 15) is 9.90 Å². The molecule has 3 rings (SSSR count). The molecule has 0 spiro atoms. The Morgan fingerprint density at radius 2 is 1.96 bits per heavy atom. The maximum Gasteiger partial charge on any atom is 0.244 e. The monoisotopic (exact) mass is 464 g/mol. The van der Waals surface area contributed by atoms with Crippen LogP contribution in [0.5, 0.6) is 5.75 Å². The first-order valence-electron chi connectivity index (χ1n) is 7.49. The zero-order valence-electron chi connectivity index (χ0n) is 13.0. The van der Waals surface area contributed by atoms with Gasteiger partial charge < -0.3 is 14.6 Å². The van der Waals surface area contributed by atoms with Gasteiger partial charge in [-0.25, -0.2) is 0 Å². The summed E-state index contributed by atoms with van der Waals surface area (Å²) in [6.07, 6.45) is 4.55. The number of aromatic hydroxyl groups is 1. The van der Waals surface area contributed by atoms with E-state index in [4.69, 9.17) is 9.47 Å². The first kappa shape index (κ1) is 17.8. The average Bonchev–Trinajstić information content (AvgIpc) is 3.04. The first-order chi connectivity index (χ1) is 12.0. The molecular weight excluding hydrogens is 452 g/mol. The van der Waals surface area contributed by atoms with E-state index >= 15 is 0 Å². The second-order valence-corrected chi connectivity index (χ2v) is 7.14. The number of carbonyl (C=O) groups is 1. The summed E-state index contributed by atoms with van der Waals surface area (Å²) in [5, 5.41) is 10.00. The fraction of sp³-hybridized carbons (Fsp3) is 0.105. The number of benzene rings is 2. The number of rotatable bonds is 5. The molecule has 1 aliphatic heterocycles. The van der Waals surface area contributed by atoms with E-state index in [0.717, 1.165) is 5.56 Å². The van der Waals surface area contributed by atoms with E-state index in [1.54, 1.807) is 12.1 Å². The summed E-state index contributed by atoms with van der Waals surface area (Å²) in [4.78, 5) is 12.3. The van der Waals surface area contributed by atoms with Crippen molar-refractivity contribution in [1.82, 2.24) is 0 Å². The van der Waals surface area contributed by atoms with Gasteiger partial charge in [-0.15, -0.1) is 0 Å². The standard InChI is InChI=1S/C19H14Br2O4/c20-13-9-15(19(23)16(21)10-13)17(22)7-6-14-11-24-18(25-14)8-12-4-2-1-3-5-12/h1-7,9-11,18,23H,8H2. The Morgan fingerprint density at radius 1 is 1.20 bits per heavy atom. The first-order valence-corrected chi connectivity index (χ1v) is 9.08. The van der Waals surface area contributed by atoms with Crippen LogP contribution < -0.4 is 0 Å². The zero-order valence-corrected chi connectivity index (χ0v) is 16.2. The number of carbonyl (C=O) groups excluding carboxylic acids is 1. The fourth-order valence-corrected chi connectivity index (χ4v) is 3.55. The third-order valence-electron chi connectivity index (χ3n) is 3.54. The zero-order chi connectivity index (χ0) is 17.8. The normalized spacial score (nSPS) is 16.4. The van der Waals surface area contributed by atoms with Crippen LogP contribution in [0, 0.1) is 0 Å². The summed E-state index contributed by atoms with van der Waals surface area (Å²) in [6, 6.07) is 13.1. The highest BCUT2D eigenvalue weighted by molar-refractivity contribution is 9.11. The molecule has 25 heavy (non-hydrogen) atoms. The Labute approximate surface area is 162 Å². The van der Waals surface area contributed by atoms with Crippen LogP contribution >= 0.6 is 31.9 Å². The molecule has 0 fully saturated rings. The highest BCUT2D eigenvalue weighted by Gasteiger charge is 2.19. The van der Waals surface area contributed by atoms with Crippen molar-refractivity contribution in [2.24, 2.45) is 0 Å². The molecule has 1 heterocycles. The molecule has 1 unspecified atom stereocenters. The Balaban J connectivity index is 1.62. The summed E-state index contributed by atoms with van der Waals surface area (Å²) < 4.78 is 12.2. The molecule has 6 heteroatoms. The lowest BCUT2D eigenvalue weighted by Gasteiger charge is -2.10. The summed E-state index contributed by atoms with van der Waals surface area (Å²) in [6.45, 7) is 0. The van der Waals surface area contributed by atoms with Crippen molar-refractivity contribution in [3.05, 3.63) is 86.7 Å². The van der Waals surface area contributed by atoms with Gasteiger partial charge in [0.25, 0.3) is 0 Å². The van der Waals surface area contributed by atoms with E-state index in [0.29, 0.717) is 21.1 Å². The summed E-state index contributed by atoms with van der Waals surface area (Å²) in [5.74, 6) is 0.0238. The Hall–Kier alpha value is -2.05. The Kier molecular flexibility index (Phi) is 5.60. The molecule has 2 aromatic rings. The van der Waals surface area contributed by atoms with Crippen LogP contribution in [-0.4, -0.2) is 17.2 Å². The molecule has 0 radical (unpaired) electrons. The van der Waals surface area contributed by atoms with E-state index < -0.39 is 6.29 Å². The van der Waals surface area contributed by atoms with E-state index in [-0.39, 0.29) is 17.1 Å². The van der Waals surface area contributed by atoms with Crippen molar-refractivity contribution in [2.75, 3.05) is 0 Å².